The summed E-state index contributed by atoms with van der Waals surface area (Å²) in [6, 6.07) is 6.01. The molecule has 0 saturated heterocycles. The Morgan fingerprint density at radius 1 is 1.19 bits per heavy atom. The third-order valence-electron chi connectivity index (χ3n) is 2.68. The van der Waals surface area contributed by atoms with Crippen molar-refractivity contribution in [1.82, 2.24) is 0 Å². The molecule has 112 valence electrons. The maximum Gasteiger partial charge on any atom is 0.265 e. The van der Waals surface area contributed by atoms with E-state index < -0.39 is 26.6 Å². The van der Waals surface area contributed by atoms with E-state index >= 15 is 0 Å². The number of hydrogen-bond donors (Lipinski definition) is 1. The third kappa shape index (κ3) is 3.53. The van der Waals surface area contributed by atoms with Gasteiger partial charge in [-0.15, -0.1) is 0 Å². The lowest BCUT2D eigenvalue weighted by molar-refractivity contribution is 0.548. The Hall–Kier alpha value is -1.18. The summed E-state index contributed by atoms with van der Waals surface area (Å²) in [4.78, 5) is -0.664. The minimum atomic E-state index is -4.23. The van der Waals surface area contributed by atoms with Crippen molar-refractivity contribution in [2.45, 2.75) is 11.8 Å². The average Bonchev–Trinajstić information content (AvgIpc) is 2.31. The summed E-state index contributed by atoms with van der Waals surface area (Å²) >= 11 is 8.66. The zero-order valence-electron chi connectivity index (χ0n) is 10.6. The summed E-state index contributed by atoms with van der Waals surface area (Å²) in [6.07, 6.45) is 0. The van der Waals surface area contributed by atoms with Crippen LogP contribution in [0, 0.1) is 18.6 Å². The molecule has 21 heavy (non-hydrogen) atoms. The maximum absolute atomic E-state index is 13.8. The first-order valence-electron chi connectivity index (χ1n) is 5.64. The van der Waals surface area contributed by atoms with Gasteiger partial charge in [0.2, 0.25) is 0 Å². The highest BCUT2D eigenvalue weighted by molar-refractivity contribution is 9.10. The van der Waals surface area contributed by atoms with E-state index in [4.69, 9.17) is 11.6 Å². The topological polar surface area (TPSA) is 46.2 Å². The van der Waals surface area contributed by atoms with Crippen molar-refractivity contribution in [1.29, 1.82) is 0 Å². The summed E-state index contributed by atoms with van der Waals surface area (Å²) in [5.74, 6) is -2.06. The van der Waals surface area contributed by atoms with Gasteiger partial charge in [-0.1, -0.05) is 17.7 Å². The molecule has 0 spiro atoms. The van der Waals surface area contributed by atoms with E-state index in [1.54, 1.807) is 19.1 Å². The van der Waals surface area contributed by atoms with Crippen LogP contribution in [0.2, 0.25) is 5.02 Å². The van der Waals surface area contributed by atoms with Gasteiger partial charge in [0.25, 0.3) is 10.0 Å². The first-order valence-corrected chi connectivity index (χ1v) is 8.29. The van der Waals surface area contributed by atoms with Crippen LogP contribution in [0.1, 0.15) is 5.56 Å². The average molecular weight is 397 g/mol. The van der Waals surface area contributed by atoms with Crippen LogP contribution in [0.25, 0.3) is 0 Å². The Labute approximate surface area is 134 Å². The smallest absolute Gasteiger partial charge is 0.265 e. The molecular formula is C13H9BrClF2NO2S. The van der Waals surface area contributed by atoms with E-state index in [2.05, 4.69) is 20.7 Å². The van der Waals surface area contributed by atoms with Crippen LogP contribution in [0.4, 0.5) is 14.5 Å². The second-order valence-corrected chi connectivity index (χ2v) is 7.17. The fourth-order valence-corrected chi connectivity index (χ4v) is 4.15. The van der Waals surface area contributed by atoms with Gasteiger partial charge in [0, 0.05) is 15.6 Å². The molecule has 1 N–H and O–H groups in total. The fourth-order valence-electron chi connectivity index (χ4n) is 1.69. The number of rotatable bonds is 3. The normalized spacial score (nSPS) is 11.5. The first kappa shape index (κ1) is 16.2. The van der Waals surface area contributed by atoms with Crippen LogP contribution in [0.3, 0.4) is 0 Å². The lowest BCUT2D eigenvalue weighted by atomic mass is 10.2. The molecule has 0 bridgehead atoms. The molecule has 3 nitrogen and oxygen atoms in total. The van der Waals surface area contributed by atoms with Crippen LogP contribution in [0.5, 0.6) is 0 Å². The zero-order valence-corrected chi connectivity index (χ0v) is 13.8. The zero-order chi connectivity index (χ0) is 15.8. The largest absolute Gasteiger partial charge is 0.279 e. The molecule has 0 unspecified atom stereocenters. The molecule has 2 rings (SSSR count). The van der Waals surface area contributed by atoms with Crippen molar-refractivity contribution in [2.24, 2.45) is 0 Å². The van der Waals surface area contributed by atoms with E-state index in [0.717, 1.165) is 6.07 Å². The van der Waals surface area contributed by atoms with Crippen LogP contribution < -0.4 is 4.72 Å². The van der Waals surface area contributed by atoms with Crippen molar-refractivity contribution < 1.29 is 17.2 Å². The molecule has 8 heteroatoms. The van der Waals surface area contributed by atoms with Crippen molar-refractivity contribution in [3.63, 3.8) is 0 Å². The Morgan fingerprint density at radius 2 is 1.86 bits per heavy atom. The van der Waals surface area contributed by atoms with Crippen molar-refractivity contribution in [2.75, 3.05) is 4.72 Å². The quantitative estimate of drug-likeness (QED) is 0.831. The van der Waals surface area contributed by atoms with Crippen molar-refractivity contribution >= 4 is 43.2 Å². The predicted octanol–water partition coefficient (Wildman–Crippen LogP) is 4.49. The molecule has 0 heterocycles. The van der Waals surface area contributed by atoms with Gasteiger partial charge in [0.1, 0.15) is 16.5 Å². The Balaban J connectivity index is 2.51. The van der Waals surface area contributed by atoms with Gasteiger partial charge in [-0.25, -0.2) is 17.2 Å². The molecule has 0 aliphatic rings. The summed E-state index contributed by atoms with van der Waals surface area (Å²) < 4.78 is 53.4. The van der Waals surface area contributed by atoms with Crippen molar-refractivity contribution in [3.05, 3.63) is 57.0 Å². The highest BCUT2D eigenvalue weighted by Gasteiger charge is 2.24. The van der Waals surface area contributed by atoms with Gasteiger partial charge in [-0.3, -0.25) is 4.72 Å². The van der Waals surface area contributed by atoms with E-state index in [1.165, 1.54) is 6.07 Å². The maximum atomic E-state index is 13.8. The van der Waals surface area contributed by atoms with E-state index in [0.29, 0.717) is 16.7 Å². The number of halogens is 4. The fraction of sp³-hybridized carbons (Fsp3) is 0.0769. The van der Waals surface area contributed by atoms with Gasteiger partial charge in [-0.05, 0) is 46.6 Å². The number of benzene rings is 2. The third-order valence-corrected chi connectivity index (χ3v) is 5.24. The molecule has 0 aliphatic carbocycles. The number of hydrogen-bond acceptors (Lipinski definition) is 2. The Kier molecular flexibility index (Phi) is 4.55. The molecule has 0 amide bonds. The van der Waals surface area contributed by atoms with Gasteiger partial charge < -0.3 is 0 Å². The van der Waals surface area contributed by atoms with Gasteiger partial charge >= 0.3 is 0 Å². The second-order valence-electron chi connectivity index (χ2n) is 4.26. The lowest BCUT2D eigenvalue weighted by Crippen LogP contribution is -2.16. The van der Waals surface area contributed by atoms with Gasteiger partial charge in [0.15, 0.2) is 0 Å². The number of nitrogens with one attached hydrogen (secondary N) is 1. The molecule has 0 fully saturated rings. The summed E-state index contributed by atoms with van der Waals surface area (Å²) in [6.45, 7) is 1.67. The molecule has 2 aromatic carbocycles. The first-order chi connectivity index (χ1) is 9.70. The minimum absolute atomic E-state index is 0.202. The Morgan fingerprint density at radius 3 is 2.48 bits per heavy atom. The molecular weight excluding hydrogens is 388 g/mol. The van der Waals surface area contributed by atoms with Crippen LogP contribution in [-0.4, -0.2) is 8.42 Å². The minimum Gasteiger partial charge on any atom is -0.279 e. The van der Waals surface area contributed by atoms with E-state index in [1.807, 2.05) is 0 Å². The highest BCUT2D eigenvalue weighted by Crippen LogP contribution is 2.29. The molecule has 0 atom stereocenters. The van der Waals surface area contributed by atoms with E-state index in [9.17, 15) is 17.2 Å². The lowest BCUT2D eigenvalue weighted by Gasteiger charge is -2.12. The van der Waals surface area contributed by atoms with Gasteiger partial charge in [-0.2, -0.15) is 0 Å². The monoisotopic (exact) mass is 395 g/mol. The molecule has 0 saturated carbocycles. The molecule has 0 radical (unpaired) electrons. The highest BCUT2D eigenvalue weighted by atomic mass is 79.9. The number of anilines is 1. The molecule has 0 aliphatic heterocycles. The van der Waals surface area contributed by atoms with E-state index in [-0.39, 0.29) is 10.2 Å². The van der Waals surface area contributed by atoms with Gasteiger partial charge in [0.05, 0.1) is 5.69 Å². The number of aryl methyl sites for hydroxylation is 1. The second kappa shape index (κ2) is 5.90. The number of sulfonamides is 1. The predicted molar refractivity (Wildman–Crippen MR) is 81.1 cm³/mol. The van der Waals surface area contributed by atoms with Crippen LogP contribution in [-0.2, 0) is 10.0 Å². The van der Waals surface area contributed by atoms with Crippen LogP contribution >= 0.6 is 27.5 Å². The summed E-state index contributed by atoms with van der Waals surface area (Å²) in [5.41, 5.74) is 0.833. The molecule has 2 aromatic rings. The summed E-state index contributed by atoms with van der Waals surface area (Å²) in [7, 11) is -4.23. The van der Waals surface area contributed by atoms with Crippen LogP contribution in [0.15, 0.2) is 39.7 Å². The standard InChI is InChI=1S/C13H9BrClF2NO2S/c1-7-2-3-8(15)4-12(7)18-21(19,20)13-10(14)5-9(16)6-11(13)17/h2-6,18H,1H3. The SMILES string of the molecule is Cc1ccc(Cl)cc1NS(=O)(=O)c1c(F)cc(F)cc1Br. The van der Waals surface area contributed by atoms with Crippen molar-refractivity contribution in [3.8, 4) is 0 Å². The Bertz CT molecular complexity index is 789. The summed E-state index contributed by atoms with van der Waals surface area (Å²) in [5, 5.41) is 0.331. The molecule has 0 aromatic heterocycles.